The van der Waals surface area contributed by atoms with E-state index in [1.165, 1.54) is 30.3 Å². The number of anilines is 1. The molecule has 1 amide bonds. The maximum atomic E-state index is 13.5. The van der Waals surface area contributed by atoms with E-state index in [0.717, 1.165) is 23.5 Å². The summed E-state index contributed by atoms with van der Waals surface area (Å²) in [6, 6.07) is 21.1. The first kappa shape index (κ1) is 29.7. The lowest BCUT2D eigenvalue weighted by molar-refractivity contribution is -0.137. The van der Waals surface area contributed by atoms with Crippen LogP contribution in [0.25, 0.3) is 0 Å². The van der Waals surface area contributed by atoms with Crippen molar-refractivity contribution in [2.45, 2.75) is 22.8 Å². The van der Waals surface area contributed by atoms with Gasteiger partial charge in [-0.05, 0) is 41.3 Å². The smallest absolute Gasteiger partial charge is 0.370 e. The lowest BCUT2D eigenvalue weighted by atomic mass is 9.91. The van der Waals surface area contributed by atoms with Crippen LogP contribution in [0, 0.1) is 0 Å². The lowest BCUT2D eigenvalue weighted by Gasteiger charge is -2.24. The number of fused-ring (bicyclic) bond motifs is 1. The van der Waals surface area contributed by atoms with E-state index in [4.69, 9.17) is 4.28 Å². The zero-order valence-electron chi connectivity index (χ0n) is 22.0. The number of carbonyl (C=O) groups excluding carboxylic acids is 2. The molecule has 43 heavy (non-hydrogen) atoms. The summed E-state index contributed by atoms with van der Waals surface area (Å²) in [4.78, 5) is 26.9. The minimum Gasteiger partial charge on any atom is -0.370 e. The largest absolute Gasteiger partial charge is 0.416 e. The number of nitrogens with zero attached hydrogens (tertiary/aromatic N) is 1. The average Bonchev–Trinajstić information content (AvgIpc) is 3.54. The number of rotatable bonds is 9. The zero-order chi connectivity index (χ0) is 30.6. The molecule has 0 saturated carbocycles. The van der Waals surface area contributed by atoms with Crippen LogP contribution in [0.15, 0.2) is 118 Å². The molecule has 0 aliphatic heterocycles. The van der Waals surface area contributed by atoms with Gasteiger partial charge < -0.3 is 10.6 Å². The van der Waals surface area contributed by atoms with Gasteiger partial charge in [-0.2, -0.15) is 21.6 Å². The molecule has 0 saturated heterocycles. The molecule has 8 nitrogen and oxygen atoms in total. The molecule has 1 heterocycles. The van der Waals surface area contributed by atoms with Gasteiger partial charge in [0.05, 0.1) is 11.3 Å². The Morgan fingerprint density at radius 3 is 2.35 bits per heavy atom. The number of alkyl halides is 3. The van der Waals surface area contributed by atoms with Gasteiger partial charge in [-0.15, -0.1) is 11.3 Å². The molecule has 2 N–H and O–H groups in total. The standard InChI is InChI=1S/C30H22F3N3O5S2/c31-30(32,33)20-10-6-11-21(17-20)34-29(38)26(16-19-8-2-1-3-9-19)35-25-18-24(22-12-4-5-13-23(22)28(25)37)36-41-43(39,40)27-14-7-15-42-27/h1-15,17-18,26,35H,16H2,(H,34,38). The van der Waals surface area contributed by atoms with Gasteiger partial charge in [-0.1, -0.05) is 71.9 Å². The number of hydrogen-bond acceptors (Lipinski definition) is 8. The summed E-state index contributed by atoms with van der Waals surface area (Å²) < 4.78 is 69.8. The van der Waals surface area contributed by atoms with Crippen LogP contribution >= 0.6 is 11.3 Å². The van der Waals surface area contributed by atoms with Crippen LogP contribution in [0.4, 0.5) is 18.9 Å². The molecule has 1 atom stereocenters. The van der Waals surface area contributed by atoms with Gasteiger partial charge in [0.25, 0.3) is 0 Å². The van der Waals surface area contributed by atoms with Crippen LogP contribution in [0.1, 0.15) is 27.0 Å². The van der Waals surface area contributed by atoms with Gasteiger partial charge in [-0.25, -0.2) is 0 Å². The number of hydrogen-bond donors (Lipinski definition) is 2. The minimum absolute atomic E-state index is 0.00887. The summed E-state index contributed by atoms with van der Waals surface area (Å²) in [5.41, 5.74) is 0.112. The van der Waals surface area contributed by atoms with Crippen LogP contribution in [-0.2, 0) is 31.8 Å². The zero-order valence-corrected chi connectivity index (χ0v) is 23.7. The Hall–Kier alpha value is -4.75. The molecule has 1 aliphatic carbocycles. The van der Waals surface area contributed by atoms with Crippen molar-refractivity contribution in [1.29, 1.82) is 0 Å². The summed E-state index contributed by atoms with van der Waals surface area (Å²) in [6.45, 7) is 0. The van der Waals surface area contributed by atoms with Gasteiger partial charge in [0, 0.05) is 23.2 Å². The van der Waals surface area contributed by atoms with E-state index in [2.05, 4.69) is 15.8 Å². The summed E-state index contributed by atoms with van der Waals surface area (Å²) >= 11 is 0.947. The average molecular weight is 626 g/mol. The van der Waals surface area contributed by atoms with E-state index in [9.17, 15) is 31.2 Å². The quantitative estimate of drug-likeness (QED) is 0.228. The second-order valence-corrected chi connectivity index (χ2v) is 12.0. The number of oxime groups is 1. The highest BCUT2D eigenvalue weighted by Crippen LogP contribution is 2.31. The Bertz CT molecular complexity index is 1820. The first-order chi connectivity index (χ1) is 20.5. The van der Waals surface area contributed by atoms with Crippen molar-refractivity contribution in [3.05, 3.63) is 130 Å². The van der Waals surface area contributed by atoms with E-state index < -0.39 is 39.6 Å². The SMILES string of the molecule is O=C1C(NC(Cc2ccccc2)C(=O)Nc2cccc(C(F)(F)F)c2)=CC(=NOS(=O)(=O)c2cccs2)c2ccccc21. The summed E-state index contributed by atoms with van der Waals surface area (Å²) in [5.74, 6) is -1.20. The summed E-state index contributed by atoms with van der Waals surface area (Å²) in [5, 5.41) is 10.8. The highest BCUT2D eigenvalue weighted by atomic mass is 32.3. The normalized spacial score (nSPS) is 14.9. The molecule has 0 spiro atoms. The molecule has 5 rings (SSSR count). The Kier molecular flexibility index (Phi) is 8.46. The fourth-order valence-electron chi connectivity index (χ4n) is 4.29. The fraction of sp³-hybridized carbons (Fsp3) is 0.100. The van der Waals surface area contributed by atoms with E-state index in [0.29, 0.717) is 11.1 Å². The number of ketones is 1. The van der Waals surface area contributed by atoms with Gasteiger partial charge in [-0.3, -0.25) is 13.9 Å². The Balaban J connectivity index is 1.47. The van der Waals surface area contributed by atoms with Crippen molar-refractivity contribution in [2.24, 2.45) is 5.16 Å². The molecule has 0 bridgehead atoms. The van der Waals surface area contributed by atoms with Gasteiger partial charge in [0.1, 0.15) is 11.8 Å². The van der Waals surface area contributed by atoms with Crippen molar-refractivity contribution in [3.8, 4) is 0 Å². The van der Waals surface area contributed by atoms with Crippen LogP contribution in [0.5, 0.6) is 0 Å². The van der Waals surface area contributed by atoms with Crippen molar-refractivity contribution >= 4 is 44.5 Å². The highest BCUT2D eigenvalue weighted by Gasteiger charge is 2.32. The van der Waals surface area contributed by atoms with Crippen molar-refractivity contribution < 1.29 is 35.5 Å². The topological polar surface area (TPSA) is 114 Å². The number of thiophene rings is 1. The first-order valence-electron chi connectivity index (χ1n) is 12.7. The molecule has 3 aromatic carbocycles. The fourth-order valence-corrected chi connectivity index (χ4v) is 5.97. The maximum absolute atomic E-state index is 13.5. The molecule has 1 unspecified atom stereocenters. The minimum atomic E-state index is -4.61. The van der Waals surface area contributed by atoms with Gasteiger partial charge in [0.15, 0.2) is 4.21 Å². The van der Waals surface area contributed by atoms with Gasteiger partial charge in [0.2, 0.25) is 11.7 Å². The number of carbonyl (C=O) groups is 2. The second-order valence-electron chi connectivity index (χ2n) is 9.32. The molecular weight excluding hydrogens is 603 g/mol. The molecule has 13 heteroatoms. The third-order valence-corrected chi connectivity index (χ3v) is 8.80. The number of halogens is 3. The van der Waals surface area contributed by atoms with E-state index in [1.807, 2.05) is 0 Å². The van der Waals surface area contributed by atoms with E-state index in [1.54, 1.807) is 60.0 Å². The number of allylic oxidation sites excluding steroid dienone is 2. The Morgan fingerprint density at radius 1 is 0.930 bits per heavy atom. The molecule has 1 aromatic heterocycles. The Labute approximate surface area is 248 Å². The lowest BCUT2D eigenvalue weighted by Crippen LogP contribution is -2.44. The van der Waals surface area contributed by atoms with Crippen LogP contribution in [-0.4, -0.2) is 31.9 Å². The summed E-state index contributed by atoms with van der Waals surface area (Å²) in [6.07, 6.45) is -3.28. The highest BCUT2D eigenvalue weighted by molar-refractivity contribution is 7.88. The third kappa shape index (κ3) is 7.01. The van der Waals surface area contributed by atoms with E-state index >= 15 is 0 Å². The third-order valence-electron chi connectivity index (χ3n) is 6.33. The van der Waals surface area contributed by atoms with Crippen molar-refractivity contribution in [3.63, 3.8) is 0 Å². The predicted octanol–water partition coefficient (Wildman–Crippen LogP) is 5.80. The molecular formula is C30H22F3N3O5S2. The summed E-state index contributed by atoms with van der Waals surface area (Å²) in [7, 11) is -4.22. The number of amides is 1. The molecule has 0 radical (unpaired) electrons. The first-order valence-corrected chi connectivity index (χ1v) is 15.0. The molecule has 4 aromatic rings. The monoisotopic (exact) mass is 625 g/mol. The number of benzene rings is 3. The maximum Gasteiger partial charge on any atom is 0.416 e. The van der Waals surface area contributed by atoms with Crippen LogP contribution in [0.3, 0.4) is 0 Å². The van der Waals surface area contributed by atoms with Gasteiger partial charge >= 0.3 is 16.3 Å². The molecule has 1 aliphatic rings. The van der Waals surface area contributed by atoms with Crippen LogP contribution < -0.4 is 10.6 Å². The molecule has 0 fully saturated rings. The molecule has 220 valence electrons. The van der Waals surface area contributed by atoms with Crippen molar-refractivity contribution in [2.75, 3.05) is 5.32 Å². The second kappa shape index (κ2) is 12.2. The van der Waals surface area contributed by atoms with E-state index in [-0.39, 0.29) is 33.3 Å². The van der Waals surface area contributed by atoms with Crippen molar-refractivity contribution in [1.82, 2.24) is 5.32 Å². The van der Waals surface area contributed by atoms with Crippen LogP contribution in [0.2, 0.25) is 0 Å². The predicted molar refractivity (Wildman–Crippen MR) is 155 cm³/mol. The number of nitrogens with one attached hydrogen (secondary N) is 2. The number of Topliss-reactive ketones (excluding diaryl/α,β-unsaturated/α-hetero) is 1. The Morgan fingerprint density at radius 2 is 1.65 bits per heavy atom.